The highest BCUT2D eigenvalue weighted by molar-refractivity contribution is 8.00. The third kappa shape index (κ3) is 3.92. The average Bonchev–Trinajstić information content (AvgIpc) is 2.91. The third-order valence-corrected chi connectivity index (χ3v) is 4.35. The van der Waals surface area contributed by atoms with Crippen LogP contribution in [0.4, 0.5) is 5.69 Å². The molecule has 1 atom stereocenters. The van der Waals surface area contributed by atoms with Crippen LogP contribution in [0.15, 0.2) is 45.9 Å². The van der Waals surface area contributed by atoms with Crippen molar-refractivity contribution in [2.75, 3.05) is 12.4 Å². The van der Waals surface area contributed by atoms with E-state index in [-0.39, 0.29) is 17.1 Å². The lowest BCUT2D eigenvalue weighted by Gasteiger charge is -2.12. The zero-order valence-corrected chi connectivity index (χ0v) is 13.5. The Morgan fingerprint density at radius 3 is 2.68 bits per heavy atom. The number of hydrogen-bond donors (Lipinski definition) is 2. The van der Waals surface area contributed by atoms with Crippen LogP contribution in [0.1, 0.15) is 23.0 Å². The fraction of sp³-hybridized carbons (Fsp3) is 0.250. The minimum absolute atomic E-state index is 0.125. The van der Waals surface area contributed by atoms with E-state index in [0.717, 1.165) is 10.7 Å². The molecule has 22 heavy (non-hydrogen) atoms. The molecule has 0 fully saturated rings. The Labute approximate surface area is 133 Å². The van der Waals surface area contributed by atoms with Crippen molar-refractivity contribution in [1.82, 2.24) is 5.32 Å². The first-order chi connectivity index (χ1) is 10.5. The molecule has 0 saturated carbocycles. The van der Waals surface area contributed by atoms with E-state index in [4.69, 9.17) is 4.42 Å². The summed E-state index contributed by atoms with van der Waals surface area (Å²) in [5.41, 5.74) is 1.11. The van der Waals surface area contributed by atoms with Crippen LogP contribution in [0.2, 0.25) is 0 Å². The Bertz CT molecular complexity index is 682. The number of thioether (sulfide) groups is 1. The van der Waals surface area contributed by atoms with Gasteiger partial charge in [-0.25, -0.2) is 0 Å². The molecule has 1 unspecified atom stereocenters. The van der Waals surface area contributed by atoms with Gasteiger partial charge in [0.2, 0.25) is 5.91 Å². The zero-order valence-electron chi connectivity index (χ0n) is 12.7. The fourth-order valence-corrected chi connectivity index (χ4v) is 2.76. The van der Waals surface area contributed by atoms with E-state index >= 15 is 0 Å². The highest BCUT2D eigenvalue weighted by Crippen LogP contribution is 2.28. The summed E-state index contributed by atoms with van der Waals surface area (Å²) in [5, 5.41) is 5.10. The molecule has 2 amide bonds. The highest BCUT2D eigenvalue weighted by atomic mass is 32.2. The molecule has 0 aliphatic carbocycles. The second-order valence-corrected chi connectivity index (χ2v) is 6.13. The van der Waals surface area contributed by atoms with Crippen LogP contribution < -0.4 is 10.6 Å². The molecule has 0 bridgehead atoms. The molecule has 0 radical (unpaired) electrons. The van der Waals surface area contributed by atoms with Crippen molar-refractivity contribution < 1.29 is 14.0 Å². The van der Waals surface area contributed by atoms with Gasteiger partial charge in [0.05, 0.1) is 11.5 Å². The van der Waals surface area contributed by atoms with Gasteiger partial charge in [-0.15, -0.1) is 11.8 Å². The van der Waals surface area contributed by atoms with E-state index < -0.39 is 0 Å². The van der Waals surface area contributed by atoms with Gasteiger partial charge in [0.1, 0.15) is 5.76 Å². The van der Waals surface area contributed by atoms with E-state index in [1.54, 1.807) is 37.6 Å². The normalized spacial score (nSPS) is 11.8. The minimum Gasteiger partial charge on any atom is -0.468 e. The Hall–Kier alpha value is -2.21. The van der Waals surface area contributed by atoms with Gasteiger partial charge in [-0.3, -0.25) is 9.59 Å². The molecule has 1 aromatic heterocycles. The van der Waals surface area contributed by atoms with E-state index in [1.165, 1.54) is 11.8 Å². The monoisotopic (exact) mass is 318 g/mol. The first-order valence-corrected chi connectivity index (χ1v) is 7.73. The van der Waals surface area contributed by atoms with Crippen LogP contribution in [0.3, 0.4) is 0 Å². The zero-order chi connectivity index (χ0) is 16.1. The van der Waals surface area contributed by atoms with E-state index in [0.29, 0.717) is 11.3 Å². The largest absolute Gasteiger partial charge is 0.468 e. The topological polar surface area (TPSA) is 71.3 Å². The van der Waals surface area contributed by atoms with Crippen molar-refractivity contribution in [1.29, 1.82) is 0 Å². The summed E-state index contributed by atoms with van der Waals surface area (Å²) in [5.74, 6) is 0.485. The molecule has 1 heterocycles. The second-order valence-electron chi connectivity index (χ2n) is 4.75. The predicted octanol–water partition coefficient (Wildman–Crippen LogP) is 3.07. The second kappa shape index (κ2) is 7.17. The molecular weight excluding hydrogens is 300 g/mol. The highest BCUT2D eigenvalue weighted by Gasteiger charge is 2.17. The lowest BCUT2D eigenvalue weighted by Crippen LogP contribution is -2.23. The van der Waals surface area contributed by atoms with Gasteiger partial charge >= 0.3 is 0 Å². The fourth-order valence-electron chi connectivity index (χ4n) is 1.87. The number of hydrogen-bond acceptors (Lipinski definition) is 4. The van der Waals surface area contributed by atoms with Crippen LogP contribution in [-0.2, 0) is 4.79 Å². The van der Waals surface area contributed by atoms with Gasteiger partial charge < -0.3 is 15.1 Å². The third-order valence-electron chi connectivity index (χ3n) is 3.10. The molecule has 0 aliphatic rings. The van der Waals surface area contributed by atoms with Gasteiger partial charge in [0, 0.05) is 23.2 Å². The number of carbonyl (C=O) groups excluding carboxylic acids is 2. The molecule has 6 heteroatoms. The van der Waals surface area contributed by atoms with Crippen LogP contribution in [0.5, 0.6) is 0 Å². The molecule has 2 N–H and O–H groups in total. The Morgan fingerprint density at radius 1 is 1.27 bits per heavy atom. The number of rotatable bonds is 5. The van der Waals surface area contributed by atoms with Crippen molar-refractivity contribution >= 4 is 29.3 Å². The van der Waals surface area contributed by atoms with Crippen molar-refractivity contribution in [2.24, 2.45) is 0 Å². The molecule has 0 spiro atoms. The Morgan fingerprint density at radius 2 is 2.05 bits per heavy atom. The molecule has 1 aromatic carbocycles. The summed E-state index contributed by atoms with van der Waals surface area (Å²) in [6.07, 6.45) is 1.61. The maximum absolute atomic E-state index is 12.2. The maximum Gasteiger partial charge on any atom is 0.251 e. The SMILES string of the molecule is CNC(=O)c1cccc(NC(=O)C(C)Sc2ccoc2C)c1. The Balaban J connectivity index is 2.02. The number of furan rings is 1. The molecule has 5 nitrogen and oxygen atoms in total. The van der Waals surface area contributed by atoms with Crippen molar-refractivity contribution in [3.8, 4) is 0 Å². The summed E-state index contributed by atoms with van der Waals surface area (Å²) in [7, 11) is 1.57. The van der Waals surface area contributed by atoms with Crippen LogP contribution in [-0.4, -0.2) is 24.1 Å². The van der Waals surface area contributed by atoms with Gasteiger partial charge in [0.25, 0.3) is 5.91 Å². The van der Waals surface area contributed by atoms with E-state index in [2.05, 4.69) is 10.6 Å². The average molecular weight is 318 g/mol. The first-order valence-electron chi connectivity index (χ1n) is 6.85. The van der Waals surface area contributed by atoms with Crippen molar-refractivity contribution in [2.45, 2.75) is 24.0 Å². The molecular formula is C16H18N2O3S. The molecule has 2 aromatic rings. The lowest BCUT2D eigenvalue weighted by molar-refractivity contribution is -0.115. The molecule has 116 valence electrons. The van der Waals surface area contributed by atoms with Crippen molar-refractivity contribution in [3.05, 3.63) is 47.9 Å². The van der Waals surface area contributed by atoms with Gasteiger partial charge in [0.15, 0.2) is 0 Å². The number of anilines is 1. The standard InChI is InChI=1S/C16H18N2O3S/c1-10-14(7-8-21-10)22-11(2)15(19)18-13-6-4-5-12(9-13)16(20)17-3/h4-9,11H,1-3H3,(H,17,20)(H,18,19). The van der Waals surface area contributed by atoms with Crippen LogP contribution in [0, 0.1) is 6.92 Å². The van der Waals surface area contributed by atoms with E-state index in [1.807, 2.05) is 19.9 Å². The lowest BCUT2D eigenvalue weighted by atomic mass is 10.2. The summed E-state index contributed by atoms with van der Waals surface area (Å²) in [6.45, 7) is 3.69. The molecule has 0 saturated heterocycles. The number of aryl methyl sites for hydroxylation is 1. The number of carbonyl (C=O) groups is 2. The Kier molecular flexibility index (Phi) is 5.27. The smallest absolute Gasteiger partial charge is 0.251 e. The first kappa shape index (κ1) is 16.2. The quantitative estimate of drug-likeness (QED) is 0.831. The maximum atomic E-state index is 12.2. The van der Waals surface area contributed by atoms with Gasteiger partial charge in [-0.1, -0.05) is 6.07 Å². The predicted molar refractivity (Wildman–Crippen MR) is 87.2 cm³/mol. The van der Waals surface area contributed by atoms with Crippen LogP contribution >= 0.6 is 11.8 Å². The number of benzene rings is 1. The minimum atomic E-state index is -0.278. The van der Waals surface area contributed by atoms with Gasteiger partial charge in [-0.2, -0.15) is 0 Å². The summed E-state index contributed by atoms with van der Waals surface area (Å²) in [4.78, 5) is 24.8. The van der Waals surface area contributed by atoms with Crippen LogP contribution in [0.25, 0.3) is 0 Å². The summed E-state index contributed by atoms with van der Waals surface area (Å²) in [6, 6.07) is 8.68. The summed E-state index contributed by atoms with van der Waals surface area (Å²) < 4.78 is 5.22. The molecule has 2 rings (SSSR count). The number of amides is 2. The van der Waals surface area contributed by atoms with Gasteiger partial charge in [-0.05, 0) is 38.1 Å². The number of nitrogens with one attached hydrogen (secondary N) is 2. The van der Waals surface area contributed by atoms with E-state index in [9.17, 15) is 9.59 Å². The molecule has 0 aliphatic heterocycles. The summed E-state index contributed by atoms with van der Waals surface area (Å²) >= 11 is 1.43. The van der Waals surface area contributed by atoms with Crippen molar-refractivity contribution in [3.63, 3.8) is 0 Å².